The molecule has 12 heavy (non-hydrogen) atoms. The van der Waals surface area contributed by atoms with Crippen molar-refractivity contribution in [3.05, 3.63) is 0 Å². The monoisotopic (exact) mass is 191 g/mol. The molecule has 0 radical (unpaired) electrons. The van der Waals surface area contributed by atoms with Gasteiger partial charge in [-0.2, -0.15) is 0 Å². The molecule has 0 atom stereocenters. The van der Waals surface area contributed by atoms with Gasteiger partial charge < -0.3 is 8.85 Å². The van der Waals surface area contributed by atoms with Crippen LogP contribution in [-0.2, 0) is 8.85 Å². The van der Waals surface area contributed by atoms with Gasteiger partial charge in [0.2, 0.25) is 0 Å². The van der Waals surface area contributed by atoms with Gasteiger partial charge >= 0.3 is 9.45 Å². The van der Waals surface area contributed by atoms with Crippen molar-refractivity contribution in [2.45, 2.75) is 27.2 Å². The SMILES string of the molecule is CCCN(C)[SiH](OCC)OCC. The van der Waals surface area contributed by atoms with Crippen LogP contribution < -0.4 is 0 Å². The van der Waals surface area contributed by atoms with Gasteiger partial charge in [0.15, 0.2) is 0 Å². The Morgan fingerprint density at radius 1 is 1.08 bits per heavy atom. The predicted molar refractivity (Wildman–Crippen MR) is 53.3 cm³/mol. The third kappa shape index (κ3) is 4.87. The fourth-order valence-electron chi connectivity index (χ4n) is 1.05. The minimum Gasteiger partial charge on any atom is -0.385 e. The highest BCUT2D eigenvalue weighted by molar-refractivity contribution is 6.40. The maximum atomic E-state index is 5.54. The Hall–Kier alpha value is 0.0969. The first-order valence-electron chi connectivity index (χ1n) is 4.69. The molecule has 0 saturated carbocycles. The summed E-state index contributed by atoms with van der Waals surface area (Å²) >= 11 is 0. The van der Waals surface area contributed by atoms with Crippen LogP contribution in [0.5, 0.6) is 0 Å². The van der Waals surface area contributed by atoms with Gasteiger partial charge in [0.05, 0.1) is 0 Å². The van der Waals surface area contributed by atoms with E-state index in [2.05, 4.69) is 18.5 Å². The smallest absolute Gasteiger partial charge is 0.385 e. The molecule has 0 heterocycles. The Kier molecular flexibility index (Phi) is 7.79. The zero-order valence-corrected chi connectivity index (χ0v) is 9.82. The molecule has 0 aliphatic rings. The molecule has 0 amide bonds. The van der Waals surface area contributed by atoms with Crippen molar-refractivity contribution in [2.24, 2.45) is 0 Å². The Labute approximate surface area is 77.6 Å². The summed E-state index contributed by atoms with van der Waals surface area (Å²) in [5.41, 5.74) is 0. The second kappa shape index (κ2) is 7.73. The number of hydrogen-bond donors (Lipinski definition) is 0. The Morgan fingerprint density at radius 3 is 1.92 bits per heavy atom. The Bertz CT molecular complexity index is 97.1. The topological polar surface area (TPSA) is 21.7 Å². The van der Waals surface area contributed by atoms with Crippen molar-refractivity contribution in [1.82, 2.24) is 4.57 Å². The molecule has 4 heteroatoms. The van der Waals surface area contributed by atoms with Crippen molar-refractivity contribution in [3.63, 3.8) is 0 Å². The molecule has 0 spiro atoms. The van der Waals surface area contributed by atoms with Gasteiger partial charge in [0.25, 0.3) is 0 Å². The van der Waals surface area contributed by atoms with E-state index in [1.807, 2.05) is 13.8 Å². The summed E-state index contributed by atoms with van der Waals surface area (Å²) in [4.78, 5) is 0. The summed E-state index contributed by atoms with van der Waals surface area (Å²) < 4.78 is 13.3. The van der Waals surface area contributed by atoms with Crippen molar-refractivity contribution >= 4 is 9.45 Å². The number of rotatable bonds is 7. The molecular weight excluding hydrogens is 170 g/mol. The van der Waals surface area contributed by atoms with Crippen LogP contribution in [0.15, 0.2) is 0 Å². The third-order valence-electron chi connectivity index (χ3n) is 1.55. The summed E-state index contributed by atoms with van der Waals surface area (Å²) in [7, 11) is 0.563. The molecule has 0 rings (SSSR count). The van der Waals surface area contributed by atoms with E-state index in [1.54, 1.807) is 0 Å². The minimum absolute atomic E-state index is 0.755. The van der Waals surface area contributed by atoms with E-state index in [4.69, 9.17) is 8.85 Å². The van der Waals surface area contributed by atoms with Crippen LogP contribution in [0.4, 0.5) is 0 Å². The molecule has 0 aromatic heterocycles. The second-order valence-corrected chi connectivity index (χ2v) is 4.86. The van der Waals surface area contributed by atoms with Crippen LogP contribution in [0.2, 0.25) is 0 Å². The standard InChI is InChI=1S/C8H21NO2Si/c1-5-8-9(4)12(10-6-2)11-7-3/h12H,5-8H2,1-4H3. The van der Waals surface area contributed by atoms with Crippen molar-refractivity contribution in [2.75, 3.05) is 26.8 Å². The van der Waals surface area contributed by atoms with E-state index in [1.165, 1.54) is 0 Å². The van der Waals surface area contributed by atoms with E-state index in [0.717, 1.165) is 26.2 Å². The van der Waals surface area contributed by atoms with Gasteiger partial charge in [-0.25, -0.2) is 0 Å². The molecule has 0 aromatic rings. The van der Waals surface area contributed by atoms with E-state index < -0.39 is 9.45 Å². The fourth-order valence-corrected chi connectivity index (χ4v) is 2.69. The lowest BCUT2D eigenvalue weighted by Gasteiger charge is -2.24. The first kappa shape index (κ1) is 12.1. The quantitative estimate of drug-likeness (QED) is 0.563. The van der Waals surface area contributed by atoms with Gasteiger partial charge in [-0.1, -0.05) is 6.92 Å². The molecule has 0 fully saturated rings. The first-order valence-corrected chi connectivity index (χ1v) is 6.15. The van der Waals surface area contributed by atoms with Crippen LogP contribution in [0, 0.1) is 0 Å². The molecule has 0 N–H and O–H groups in total. The van der Waals surface area contributed by atoms with E-state index in [-0.39, 0.29) is 0 Å². The van der Waals surface area contributed by atoms with Crippen LogP contribution in [0.1, 0.15) is 27.2 Å². The summed E-state index contributed by atoms with van der Waals surface area (Å²) in [6.45, 7) is 8.77. The molecule has 0 bridgehead atoms. The zero-order valence-electron chi connectivity index (χ0n) is 8.67. The number of nitrogens with zero attached hydrogens (tertiary/aromatic N) is 1. The summed E-state index contributed by atoms with van der Waals surface area (Å²) in [5, 5.41) is 0. The highest BCUT2D eigenvalue weighted by atomic mass is 28.3. The first-order chi connectivity index (χ1) is 5.76. The maximum absolute atomic E-state index is 5.54. The lowest BCUT2D eigenvalue weighted by atomic mass is 10.5. The average molecular weight is 191 g/mol. The van der Waals surface area contributed by atoms with E-state index >= 15 is 0 Å². The van der Waals surface area contributed by atoms with Crippen molar-refractivity contribution < 1.29 is 8.85 Å². The summed E-state index contributed by atoms with van der Waals surface area (Å²) in [6, 6.07) is 0. The zero-order chi connectivity index (χ0) is 9.40. The highest BCUT2D eigenvalue weighted by Gasteiger charge is 2.17. The van der Waals surface area contributed by atoms with E-state index in [0.29, 0.717) is 0 Å². The number of hydrogen-bond acceptors (Lipinski definition) is 3. The predicted octanol–water partition coefficient (Wildman–Crippen LogP) is 1.12. The largest absolute Gasteiger partial charge is 0.410 e. The lowest BCUT2D eigenvalue weighted by Crippen LogP contribution is -2.42. The Balaban J connectivity index is 3.72. The van der Waals surface area contributed by atoms with Crippen LogP contribution in [-0.4, -0.2) is 40.8 Å². The molecule has 0 unspecified atom stereocenters. The maximum Gasteiger partial charge on any atom is 0.410 e. The van der Waals surface area contributed by atoms with Gasteiger partial charge in [-0.05, 0) is 33.9 Å². The van der Waals surface area contributed by atoms with E-state index in [9.17, 15) is 0 Å². The molecule has 0 aromatic carbocycles. The average Bonchev–Trinajstić information content (AvgIpc) is 2.04. The molecule has 0 saturated heterocycles. The molecule has 74 valence electrons. The van der Waals surface area contributed by atoms with Gasteiger partial charge in [-0.3, -0.25) is 4.57 Å². The van der Waals surface area contributed by atoms with Crippen molar-refractivity contribution in [1.29, 1.82) is 0 Å². The normalized spacial score (nSPS) is 11.5. The molecule has 0 aliphatic carbocycles. The highest BCUT2D eigenvalue weighted by Crippen LogP contribution is 1.97. The minimum atomic E-state index is -1.51. The van der Waals surface area contributed by atoms with Crippen LogP contribution in [0.25, 0.3) is 0 Å². The second-order valence-electron chi connectivity index (χ2n) is 2.70. The van der Waals surface area contributed by atoms with Crippen LogP contribution >= 0.6 is 0 Å². The van der Waals surface area contributed by atoms with Gasteiger partial charge in [0, 0.05) is 13.2 Å². The van der Waals surface area contributed by atoms with Crippen LogP contribution in [0.3, 0.4) is 0 Å². The molecule has 0 aliphatic heterocycles. The van der Waals surface area contributed by atoms with Crippen molar-refractivity contribution in [3.8, 4) is 0 Å². The third-order valence-corrected chi connectivity index (χ3v) is 3.77. The fraction of sp³-hybridized carbons (Fsp3) is 1.00. The molecular formula is C8H21NO2Si. The lowest BCUT2D eigenvalue weighted by molar-refractivity contribution is 0.164. The van der Waals surface area contributed by atoms with Gasteiger partial charge in [0.1, 0.15) is 0 Å². The Morgan fingerprint density at radius 2 is 1.58 bits per heavy atom. The summed E-state index contributed by atoms with van der Waals surface area (Å²) in [5.74, 6) is 0. The molecule has 3 nitrogen and oxygen atoms in total. The summed E-state index contributed by atoms with van der Waals surface area (Å²) in [6.07, 6.45) is 1.15. The van der Waals surface area contributed by atoms with Gasteiger partial charge in [-0.15, -0.1) is 0 Å².